The summed E-state index contributed by atoms with van der Waals surface area (Å²) in [5, 5.41) is 5.23. The van der Waals surface area contributed by atoms with Gasteiger partial charge < -0.3 is 10.3 Å². The molecule has 0 aliphatic heterocycles. The lowest BCUT2D eigenvalue weighted by atomic mass is 10.2. The maximum absolute atomic E-state index is 6.06. The van der Waals surface area contributed by atoms with Gasteiger partial charge in [0.2, 0.25) is 5.95 Å². The van der Waals surface area contributed by atoms with E-state index in [-0.39, 0.29) is 0 Å². The van der Waals surface area contributed by atoms with Crippen LogP contribution in [0.25, 0.3) is 11.0 Å². The molecule has 1 aromatic carbocycles. The van der Waals surface area contributed by atoms with E-state index >= 15 is 0 Å². The highest BCUT2D eigenvalue weighted by Gasteiger charge is 2.11. The topological polar surface area (TPSA) is 43.8 Å². The molecule has 0 spiro atoms. The highest BCUT2D eigenvalue weighted by atomic mass is 35.5. The lowest BCUT2D eigenvalue weighted by molar-refractivity contribution is 0.727. The third-order valence-corrected chi connectivity index (χ3v) is 4.48. The summed E-state index contributed by atoms with van der Waals surface area (Å²) < 4.78 is 1.97. The first-order valence-electron chi connectivity index (χ1n) is 5.77. The maximum Gasteiger partial charge on any atom is 0.201 e. The zero-order chi connectivity index (χ0) is 13.4. The van der Waals surface area contributed by atoms with Gasteiger partial charge in [-0.1, -0.05) is 23.2 Å². The van der Waals surface area contributed by atoms with Gasteiger partial charge in [-0.15, -0.1) is 0 Å². The summed E-state index contributed by atoms with van der Waals surface area (Å²) in [6.45, 7) is 0.775. The monoisotopic (exact) mass is 311 g/mol. The van der Waals surface area contributed by atoms with Crippen LogP contribution in [0.15, 0.2) is 29.0 Å². The fraction of sp³-hybridized carbons (Fsp3) is 0.154. The summed E-state index contributed by atoms with van der Waals surface area (Å²) in [6, 6.07) is 5.68. The molecule has 0 saturated carbocycles. The normalized spacial score (nSPS) is 11.3. The minimum absolute atomic E-state index is 0.489. The van der Waals surface area contributed by atoms with E-state index in [1.165, 1.54) is 5.56 Å². The Morgan fingerprint density at radius 3 is 2.79 bits per heavy atom. The second-order valence-corrected chi connectivity index (χ2v) is 5.85. The molecule has 0 atom stereocenters. The minimum atomic E-state index is 0.489. The summed E-state index contributed by atoms with van der Waals surface area (Å²) in [4.78, 5) is 4.32. The number of imidazole rings is 1. The SMILES string of the molecule is Nc1nc2cc(Cl)c(Cl)cc2n1CCc1ccsc1. The van der Waals surface area contributed by atoms with E-state index in [2.05, 4.69) is 21.8 Å². The molecule has 6 heteroatoms. The predicted molar refractivity (Wildman–Crippen MR) is 82.2 cm³/mol. The Morgan fingerprint density at radius 2 is 2.05 bits per heavy atom. The molecule has 0 fully saturated rings. The van der Waals surface area contributed by atoms with E-state index in [0.717, 1.165) is 24.0 Å². The van der Waals surface area contributed by atoms with Gasteiger partial charge in [-0.05, 0) is 40.9 Å². The summed E-state index contributed by atoms with van der Waals surface area (Å²) in [6.07, 6.45) is 0.916. The van der Waals surface area contributed by atoms with Crippen LogP contribution in [0.4, 0.5) is 5.95 Å². The van der Waals surface area contributed by atoms with Gasteiger partial charge >= 0.3 is 0 Å². The molecule has 3 rings (SSSR count). The van der Waals surface area contributed by atoms with Gasteiger partial charge in [0.05, 0.1) is 21.1 Å². The molecule has 2 aromatic heterocycles. The number of hydrogen-bond acceptors (Lipinski definition) is 3. The first-order valence-corrected chi connectivity index (χ1v) is 7.47. The van der Waals surface area contributed by atoms with Gasteiger partial charge in [0.15, 0.2) is 0 Å². The van der Waals surface area contributed by atoms with Crippen molar-refractivity contribution in [3.05, 3.63) is 44.6 Å². The van der Waals surface area contributed by atoms with Gasteiger partial charge in [-0.3, -0.25) is 0 Å². The smallest absolute Gasteiger partial charge is 0.201 e. The third kappa shape index (κ3) is 2.43. The van der Waals surface area contributed by atoms with Crippen LogP contribution in [0, 0.1) is 0 Å². The molecule has 0 aliphatic carbocycles. The first kappa shape index (κ1) is 12.8. The first-order chi connectivity index (χ1) is 9.15. The molecule has 0 unspecified atom stereocenters. The number of benzene rings is 1. The lowest BCUT2D eigenvalue weighted by Crippen LogP contribution is -2.05. The van der Waals surface area contributed by atoms with E-state index in [4.69, 9.17) is 28.9 Å². The molecule has 2 N–H and O–H groups in total. The molecule has 0 bridgehead atoms. The number of fused-ring (bicyclic) bond motifs is 1. The van der Waals surface area contributed by atoms with Crippen LogP contribution in [-0.2, 0) is 13.0 Å². The maximum atomic E-state index is 6.06. The van der Waals surface area contributed by atoms with E-state index in [9.17, 15) is 0 Å². The van der Waals surface area contributed by atoms with E-state index in [1.807, 2.05) is 10.6 Å². The Hall–Kier alpha value is -1.23. The zero-order valence-corrected chi connectivity index (χ0v) is 12.3. The summed E-state index contributed by atoms with van der Waals surface area (Å²) in [7, 11) is 0. The van der Waals surface area contributed by atoms with Gasteiger partial charge in [0.25, 0.3) is 0 Å². The number of anilines is 1. The molecule has 0 radical (unpaired) electrons. The summed E-state index contributed by atoms with van der Waals surface area (Å²) in [5.41, 5.74) is 8.95. The zero-order valence-electron chi connectivity index (χ0n) is 9.94. The van der Waals surface area contributed by atoms with Crippen molar-refractivity contribution in [1.29, 1.82) is 0 Å². The van der Waals surface area contributed by atoms with Gasteiger partial charge in [-0.25, -0.2) is 4.98 Å². The number of rotatable bonds is 3. The van der Waals surface area contributed by atoms with Crippen molar-refractivity contribution in [1.82, 2.24) is 9.55 Å². The quantitative estimate of drug-likeness (QED) is 0.786. The second kappa shape index (κ2) is 5.04. The van der Waals surface area contributed by atoms with Crippen molar-refractivity contribution < 1.29 is 0 Å². The number of aryl methyl sites for hydroxylation is 2. The molecule has 19 heavy (non-hydrogen) atoms. The number of nitrogens with two attached hydrogens (primary N) is 1. The van der Waals surface area contributed by atoms with E-state index in [0.29, 0.717) is 16.0 Å². The highest BCUT2D eigenvalue weighted by Crippen LogP contribution is 2.29. The minimum Gasteiger partial charge on any atom is -0.369 e. The Kier molecular flexibility index (Phi) is 3.39. The van der Waals surface area contributed by atoms with Crippen molar-refractivity contribution in [3.63, 3.8) is 0 Å². The Bertz CT molecular complexity index is 719. The number of nitrogen functional groups attached to an aromatic ring is 1. The van der Waals surface area contributed by atoms with Crippen molar-refractivity contribution in [2.75, 3.05) is 5.73 Å². The average Bonchev–Trinajstić information content (AvgIpc) is 2.96. The second-order valence-electron chi connectivity index (χ2n) is 4.26. The standard InChI is InChI=1S/C13H11Cl2N3S/c14-9-5-11-12(6-10(9)15)18(13(16)17-11)3-1-8-2-4-19-7-8/h2,4-7H,1,3H2,(H2,16,17). The van der Waals surface area contributed by atoms with Crippen LogP contribution in [0.3, 0.4) is 0 Å². The van der Waals surface area contributed by atoms with Crippen LogP contribution in [0.5, 0.6) is 0 Å². The Balaban J connectivity index is 1.98. The summed E-state index contributed by atoms with van der Waals surface area (Å²) in [5.74, 6) is 0.489. The number of aromatic nitrogens is 2. The lowest BCUT2D eigenvalue weighted by Gasteiger charge is -2.06. The summed E-state index contributed by atoms with van der Waals surface area (Å²) >= 11 is 13.7. The average molecular weight is 312 g/mol. The predicted octanol–water partition coefficient (Wildman–Crippen LogP) is 4.23. The molecule has 98 valence electrons. The largest absolute Gasteiger partial charge is 0.369 e. The highest BCUT2D eigenvalue weighted by molar-refractivity contribution is 7.07. The number of nitrogens with zero attached hydrogens (tertiary/aromatic N) is 2. The molecule has 0 aliphatic rings. The van der Waals surface area contributed by atoms with Crippen LogP contribution in [-0.4, -0.2) is 9.55 Å². The molecular weight excluding hydrogens is 301 g/mol. The molecule has 3 nitrogen and oxygen atoms in total. The van der Waals surface area contributed by atoms with E-state index in [1.54, 1.807) is 17.4 Å². The van der Waals surface area contributed by atoms with Gasteiger partial charge in [-0.2, -0.15) is 11.3 Å². The number of thiophene rings is 1. The molecule has 2 heterocycles. The van der Waals surface area contributed by atoms with Crippen LogP contribution in [0.2, 0.25) is 10.0 Å². The van der Waals surface area contributed by atoms with E-state index < -0.39 is 0 Å². The third-order valence-electron chi connectivity index (χ3n) is 3.02. The number of halogens is 2. The van der Waals surface area contributed by atoms with Crippen molar-refractivity contribution >= 4 is 51.5 Å². The molecule has 3 aromatic rings. The molecule has 0 saturated heterocycles. The van der Waals surface area contributed by atoms with Crippen molar-refractivity contribution in [2.24, 2.45) is 0 Å². The van der Waals surface area contributed by atoms with Crippen LogP contribution >= 0.6 is 34.5 Å². The Morgan fingerprint density at radius 1 is 1.26 bits per heavy atom. The molecular formula is C13H11Cl2N3S. The van der Waals surface area contributed by atoms with Crippen molar-refractivity contribution in [3.8, 4) is 0 Å². The van der Waals surface area contributed by atoms with Crippen molar-refractivity contribution in [2.45, 2.75) is 13.0 Å². The van der Waals surface area contributed by atoms with Gasteiger partial charge in [0.1, 0.15) is 0 Å². The fourth-order valence-corrected chi connectivity index (χ4v) is 3.07. The Labute approximate surface area is 124 Å². The van der Waals surface area contributed by atoms with Crippen LogP contribution < -0.4 is 5.73 Å². The van der Waals surface area contributed by atoms with Gasteiger partial charge in [0, 0.05) is 6.54 Å². The number of hydrogen-bond donors (Lipinski definition) is 1. The fourth-order valence-electron chi connectivity index (χ4n) is 2.05. The molecule has 0 amide bonds. The van der Waals surface area contributed by atoms with Crippen LogP contribution in [0.1, 0.15) is 5.56 Å².